The van der Waals surface area contributed by atoms with Crippen molar-refractivity contribution >= 4 is 0 Å². The van der Waals surface area contributed by atoms with Crippen LogP contribution in [0.5, 0.6) is 0 Å². The summed E-state index contributed by atoms with van der Waals surface area (Å²) in [4.78, 5) is 0. The summed E-state index contributed by atoms with van der Waals surface area (Å²) >= 11 is 0. The van der Waals surface area contributed by atoms with Gasteiger partial charge in [-0.3, -0.25) is 0 Å². The molecule has 0 spiro atoms. The molecule has 0 aromatic carbocycles. The molecule has 0 saturated heterocycles. The maximum atomic E-state index is 4.17. The van der Waals surface area contributed by atoms with Crippen molar-refractivity contribution in [1.29, 1.82) is 0 Å². The van der Waals surface area contributed by atoms with E-state index in [-0.39, 0.29) is 0 Å². The second-order valence-electron chi connectivity index (χ2n) is 2.96. The minimum Gasteiger partial charge on any atom is -0.197 e. The zero-order valence-electron chi connectivity index (χ0n) is 6.71. The van der Waals surface area contributed by atoms with Crippen LogP contribution in [0.4, 0.5) is 0 Å². The van der Waals surface area contributed by atoms with E-state index in [1.807, 2.05) is 0 Å². The van der Waals surface area contributed by atoms with Crippen LogP contribution in [0, 0.1) is 0 Å². The third-order valence-corrected chi connectivity index (χ3v) is 2.10. The van der Waals surface area contributed by atoms with Gasteiger partial charge in [0.1, 0.15) is 0 Å². The van der Waals surface area contributed by atoms with Gasteiger partial charge in [0.25, 0.3) is 0 Å². The summed E-state index contributed by atoms with van der Waals surface area (Å²) < 4.78 is 0. The molecule has 1 saturated carbocycles. The molecule has 10 heavy (non-hydrogen) atoms. The van der Waals surface area contributed by atoms with E-state index in [2.05, 4.69) is 10.2 Å². The molecule has 0 unspecified atom stereocenters. The van der Waals surface area contributed by atoms with Gasteiger partial charge in [-0.05, 0) is 12.8 Å². The Morgan fingerprint density at radius 3 is 2.10 bits per heavy atom. The second kappa shape index (κ2) is 4.42. The number of azo groups is 1. The lowest BCUT2D eigenvalue weighted by Crippen LogP contribution is -2.00. The molecule has 0 atom stereocenters. The molecule has 2 nitrogen and oxygen atoms in total. The zero-order chi connectivity index (χ0) is 7.23. The fourth-order valence-electron chi connectivity index (χ4n) is 1.54. The first-order valence-electron chi connectivity index (χ1n) is 4.22. The summed E-state index contributed by atoms with van der Waals surface area (Å²) in [6.07, 6.45) is 8.02. The molecule has 0 radical (unpaired) electrons. The van der Waals surface area contributed by atoms with Gasteiger partial charge in [0.05, 0.1) is 6.04 Å². The van der Waals surface area contributed by atoms with E-state index < -0.39 is 0 Å². The van der Waals surface area contributed by atoms with Crippen LogP contribution in [-0.2, 0) is 0 Å². The lowest BCUT2D eigenvalue weighted by molar-refractivity contribution is 0.559. The monoisotopic (exact) mass is 140 g/mol. The van der Waals surface area contributed by atoms with Crippen molar-refractivity contribution in [2.24, 2.45) is 10.2 Å². The minimum atomic E-state index is 0.549. The molecule has 1 rings (SSSR count). The van der Waals surface area contributed by atoms with Crippen LogP contribution in [0.2, 0.25) is 0 Å². The molecule has 0 amide bonds. The Morgan fingerprint density at radius 1 is 1.00 bits per heavy atom. The lowest BCUT2D eigenvalue weighted by atomic mass is 10.1. The van der Waals surface area contributed by atoms with Gasteiger partial charge in [0.15, 0.2) is 0 Å². The Labute approximate surface area is 62.7 Å². The van der Waals surface area contributed by atoms with Crippen molar-refractivity contribution in [2.75, 3.05) is 7.05 Å². The van der Waals surface area contributed by atoms with E-state index in [4.69, 9.17) is 0 Å². The van der Waals surface area contributed by atoms with Gasteiger partial charge >= 0.3 is 0 Å². The largest absolute Gasteiger partial charge is 0.197 e. The standard InChI is InChI=1S/C8H16N2/c1-9-10-8-6-4-2-3-5-7-8/h8H,2-7H2,1H3. The average Bonchev–Trinajstić information content (AvgIpc) is 2.17. The molecule has 0 heterocycles. The highest BCUT2D eigenvalue weighted by atomic mass is 15.1. The Bertz CT molecular complexity index is 102. The van der Waals surface area contributed by atoms with Gasteiger partial charge in [0, 0.05) is 7.05 Å². The molecule has 0 N–H and O–H groups in total. The van der Waals surface area contributed by atoms with E-state index in [1.165, 1.54) is 38.5 Å². The van der Waals surface area contributed by atoms with Crippen LogP contribution in [0.15, 0.2) is 10.2 Å². The highest BCUT2D eigenvalue weighted by Gasteiger charge is 2.09. The van der Waals surface area contributed by atoms with Crippen molar-refractivity contribution in [2.45, 2.75) is 44.6 Å². The summed E-state index contributed by atoms with van der Waals surface area (Å²) in [6.45, 7) is 0. The fraction of sp³-hybridized carbons (Fsp3) is 1.00. The van der Waals surface area contributed by atoms with Crippen molar-refractivity contribution in [3.8, 4) is 0 Å². The number of hydrogen-bond acceptors (Lipinski definition) is 2. The zero-order valence-corrected chi connectivity index (χ0v) is 6.71. The third-order valence-electron chi connectivity index (χ3n) is 2.10. The van der Waals surface area contributed by atoms with Gasteiger partial charge in [-0.25, -0.2) is 0 Å². The predicted octanol–water partition coefficient (Wildman–Crippen LogP) is 2.79. The van der Waals surface area contributed by atoms with E-state index in [0.29, 0.717) is 6.04 Å². The summed E-state index contributed by atoms with van der Waals surface area (Å²) in [5, 5.41) is 7.99. The summed E-state index contributed by atoms with van der Waals surface area (Å²) in [7, 11) is 1.77. The highest BCUT2D eigenvalue weighted by Crippen LogP contribution is 2.19. The maximum absolute atomic E-state index is 4.17. The Balaban J connectivity index is 2.28. The molecule has 0 aromatic rings. The first kappa shape index (κ1) is 7.70. The van der Waals surface area contributed by atoms with Gasteiger partial charge in [-0.15, -0.1) is 0 Å². The Morgan fingerprint density at radius 2 is 1.60 bits per heavy atom. The van der Waals surface area contributed by atoms with Gasteiger partial charge in [-0.2, -0.15) is 10.2 Å². The molecule has 1 fully saturated rings. The van der Waals surface area contributed by atoms with Crippen LogP contribution in [0.25, 0.3) is 0 Å². The van der Waals surface area contributed by atoms with Crippen molar-refractivity contribution < 1.29 is 0 Å². The number of rotatable bonds is 1. The molecule has 58 valence electrons. The predicted molar refractivity (Wildman–Crippen MR) is 42.3 cm³/mol. The number of hydrogen-bond donors (Lipinski definition) is 0. The quantitative estimate of drug-likeness (QED) is 0.395. The Hall–Kier alpha value is -0.400. The van der Waals surface area contributed by atoms with Crippen LogP contribution in [0.1, 0.15) is 38.5 Å². The smallest absolute Gasteiger partial charge is 0.0708 e. The van der Waals surface area contributed by atoms with Crippen LogP contribution in [0.3, 0.4) is 0 Å². The summed E-state index contributed by atoms with van der Waals surface area (Å²) in [5.74, 6) is 0. The average molecular weight is 140 g/mol. The molecule has 1 aliphatic rings. The fourth-order valence-corrected chi connectivity index (χ4v) is 1.54. The normalized spacial score (nSPS) is 23.3. The van der Waals surface area contributed by atoms with E-state index in [9.17, 15) is 0 Å². The molecule has 0 aliphatic heterocycles. The molecule has 1 aliphatic carbocycles. The summed E-state index contributed by atoms with van der Waals surface area (Å²) in [5.41, 5.74) is 0. The van der Waals surface area contributed by atoms with Gasteiger partial charge in [-0.1, -0.05) is 25.7 Å². The molecule has 2 heteroatoms. The van der Waals surface area contributed by atoms with Crippen LogP contribution in [-0.4, -0.2) is 13.1 Å². The second-order valence-corrected chi connectivity index (χ2v) is 2.96. The Kier molecular flexibility index (Phi) is 3.41. The maximum Gasteiger partial charge on any atom is 0.0708 e. The van der Waals surface area contributed by atoms with E-state index >= 15 is 0 Å². The SMILES string of the molecule is CN=NC1CCCCCC1. The van der Waals surface area contributed by atoms with E-state index in [0.717, 1.165) is 0 Å². The number of nitrogens with zero attached hydrogens (tertiary/aromatic N) is 2. The molecular weight excluding hydrogens is 124 g/mol. The first-order valence-corrected chi connectivity index (χ1v) is 4.22. The van der Waals surface area contributed by atoms with Crippen molar-refractivity contribution in [3.05, 3.63) is 0 Å². The minimum absolute atomic E-state index is 0.549. The third kappa shape index (κ3) is 2.46. The topological polar surface area (TPSA) is 24.7 Å². The van der Waals surface area contributed by atoms with Crippen molar-refractivity contribution in [3.63, 3.8) is 0 Å². The molecular formula is C8H16N2. The lowest BCUT2D eigenvalue weighted by Gasteiger charge is -2.03. The first-order chi connectivity index (χ1) is 4.93. The van der Waals surface area contributed by atoms with E-state index in [1.54, 1.807) is 7.05 Å². The highest BCUT2D eigenvalue weighted by molar-refractivity contribution is 4.67. The van der Waals surface area contributed by atoms with Gasteiger partial charge in [0.2, 0.25) is 0 Å². The van der Waals surface area contributed by atoms with Gasteiger partial charge < -0.3 is 0 Å². The van der Waals surface area contributed by atoms with Crippen LogP contribution < -0.4 is 0 Å². The van der Waals surface area contributed by atoms with Crippen molar-refractivity contribution in [1.82, 2.24) is 0 Å². The molecule has 0 aromatic heterocycles. The summed E-state index contributed by atoms with van der Waals surface area (Å²) in [6, 6.07) is 0.549. The molecule has 0 bridgehead atoms. The van der Waals surface area contributed by atoms with Crippen LogP contribution >= 0.6 is 0 Å².